The monoisotopic (exact) mass is 277 g/mol. The molecule has 0 amide bonds. The zero-order chi connectivity index (χ0) is 12.4. The zero-order valence-corrected chi connectivity index (χ0v) is 12.0. The molecular formula is C15H20ClN3. The van der Waals surface area contributed by atoms with Gasteiger partial charge in [0.2, 0.25) is 0 Å². The Labute approximate surface area is 120 Å². The Morgan fingerprint density at radius 3 is 3.11 bits per heavy atom. The van der Waals surface area contributed by atoms with Gasteiger partial charge in [0.15, 0.2) is 0 Å². The maximum atomic E-state index is 4.36. The van der Waals surface area contributed by atoms with E-state index in [1.165, 1.54) is 10.9 Å². The Bertz CT molecular complexity index is 544. The molecule has 1 aliphatic heterocycles. The molecule has 1 N–H and O–H groups in total. The summed E-state index contributed by atoms with van der Waals surface area (Å²) in [6.45, 7) is 6.64. The van der Waals surface area contributed by atoms with Crippen LogP contribution in [-0.4, -0.2) is 35.6 Å². The summed E-state index contributed by atoms with van der Waals surface area (Å²) in [5.41, 5.74) is 2.46. The molecule has 0 spiro atoms. The number of piperazine rings is 1. The largest absolute Gasteiger partial charge is 0.312 e. The van der Waals surface area contributed by atoms with E-state index in [1.54, 1.807) is 0 Å². The van der Waals surface area contributed by atoms with Crippen molar-refractivity contribution in [2.45, 2.75) is 19.5 Å². The van der Waals surface area contributed by atoms with Crippen LogP contribution in [0.3, 0.4) is 0 Å². The molecule has 3 rings (SSSR count). The Kier molecular flexibility index (Phi) is 4.75. The first-order chi connectivity index (χ1) is 8.81. The summed E-state index contributed by atoms with van der Waals surface area (Å²) in [5.74, 6) is 0. The fraction of sp³-hybridized carbons (Fsp3) is 0.400. The van der Waals surface area contributed by atoms with Crippen molar-refractivity contribution in [1.82, 2.24) is 15.2 Å². The first kappa shape index (κ1) is 14.3. The molecule has 3 nitrogen and oxygen atoms in total. The highest BCUT2D eigenvalue weighted by Gasteiger charge is 2.15. The Balaban J connectivity index is 0.00000133. The summed E-state index contributed by atoms with van der Waals surface area (Å²) >= 11 is 0. The third-order valence-corrected chi connectivity index (χ3v) is 3.53. The highest BCUT2D eigenvalue weighted by Crippen LogP contribution is 2.15. The van der Waals surface area contributed by atoms with Crippen LogP contribution in [0.4, 0.5) is 0 Å². The quantitative estimate of drug-likeness (QED) is 0.914. The Morgan fingerprint density at radius 1 is 1.37 bits per heavy atom. The lowest BCUT2D eigenvalue weighted by Crippen LogP contribution is -2.48. The highest BCUT2D eigenvalue weighted by atomic mass is 35.5. The van der Waals surface area contributed by atoms with Crippen LogP contribution in [0.2, 0.25) is 0 Å². The summed E-state index contributed by atoms with van der Waals surface area (Å²) in [7, 11) is 0. The van der Waals surface area contributed by atoms with Gasteiger partial charge >= 0.3 is 0 Å². The minimum Gasteiger partial charge on any atom is -0.312 e. The number of hydrogen-bond donors (Lipinski definition) is 1. The lowest BCUT2D eigenvalue weighted by Gasteiger charge is -2.31. The van der Waals surface area contributed by atoms with Crippen molar-refractivity contribution in [3.63, 3.8) is 0 Å². The number of aromatic nitrogens is 1. The predicted octanol–water partition coefficient (Wildman–Crippen LogP) is 2.45. The van der Waals surface area contributed by atoms with Gasteiger partial charge in [0, 0.05) is 43.8 Å². The molecule has 1 fully saturated rings. The molecule has 0 saturated carbocycles. The fourth-order valence-electron chi connectivity index (χ4n) is 2.64. The van der Waals surface area contributed by atoms with Gasteiger partial charge in [-0.1, -0.05) is 12.1 Å². The first-order valence-corrected chi connectivity index (χ1v) is 6.61. The van der Waals surface area contributed by atoms with Crippen molar-refractivity contribution in [3.8, 4) is 0 Å². The highest BCUT2D eigenvalue weighted by molar-refractivity contribution is 5.85. The average molecular weight is 278 g/mol. The summed E-state index contributed by atoms with van der Waals surface area (Å²) < 4.78 is 0. The molecule has 1 aliphatic rings. The number of fused-ring (bicyclic) bond motifs is 1. The smallest absolute Gasteiger partial charge is 0.0702 e. The fourth-order valence-corrected chi connectivity index (χ4v) is 2.64. The van der Waals surface area contributed by atoms with Gasteiger partial charge in [-0.15, -0.1) is 12.4 Å². The summed E-state index contributed by atoms with van der Waals surface area (Å²) in [5, 5.41) is 4.71. The molecular weight excluding hydrogens is 258 g/mol. The van der Waals surface area contributed by atoms with E-state index in [-0.39, 0.29) is 12.4 Å². The maximum Gasteiger partial charge on any atom is 0.0702 e. The van der Waals surface area contributed by atoms with Crippen molar-refractivity contribution >= 4 is 23.3 Å². The molecule has 19 heavy (non-hydrogen) atoms. The molecule has 0 radical (unpaired) electrons. The maximum absolute atomic E-state index is 4.36. The summed E-state index contributed by atoms with van der Waals surface area (Å²) in [6.07, 6.45) is 1.85. The molecule has 1 aromatic heterocycles. The molecule has 2 heterocycles. The van der Waals surface area contributed by atoms with Crippen LogP contribution in [0.1, 0.15) is 12.5 Å². The van der Waals surface area contributed by atoms with Crippen molar-refractivity contribution in [2.24, 2.45) is 0 Å². The van der Waals surface area contributed by atoms with Crippen molar-refractivity contribution in [3.05, 3.63) is 42.1 Å². The average Bonchev–Trinajstić information content (AvgIpc) is 2.39. The number of nitrogens with zero attached hydrogens (tertiary/aromatic N) is 2. The van der Waals surface area contributed by atoms with Gasteiger partial charge in [0.25, 0.3) is 0 Å². The van der Waals surface area contributed by atoms with Gasteiger partial charge in [-0.2, -0.15) is 0 Å². The number of pyridine rings is 1. The van der Waals surface area contributed by atoms with E-state index in [2.05, 4.69) is 46.4 Å². The van der Waals surface area contributed by atoms with Gasteiger partial charge in [-0.3, -0.25) is 9.88 Å². The number of nitrogens with one attached hydrogen (secondary N) is 1. The van der Waals surface area contributed by atoms with E-state index >= 15 is 0 Å². The second-order valence-electron chi connectivity index (χ2n) is 5.12. The molecule has 1 aromatic carbocycles. The number of halogens is 1. The van der Waals surface area contributed by atoms with Gasteiger partial charge in [-0.05, 0) is 30.7 Å². The summed E-state index contributed by atoms with van der Waals surface area (Å²) in [4.78, 5) is 6.87. The van der Waals surface area contributed by atoms with Gasteiger partial charge in [0.05, 0.1) is 5.52 Å². The minimum absolute atomic E-state index is 0. The van der Waals surface area contributed by atoms with Crippen LogP contribution < -0.4 is 5.32 Å². The van der Waals surface area contributed by atoms with Crippen LogP contribution >= 0.6 is 12.4 Å². The molecule has 4 heteroatoms. The van der Waals surface area contributed by atoms with Gasteiger partial charge in [-0.25, -0.2) is 0 Å². The van der Waals surface area contributed by atoms with E-state index in [0.29, 0.717) is 6.04 Å². The van der Waals surface area contributed by atoms with E-state index < -0.39 is 0 Å². The third-order valence-electron chi connectivity index (χ3n) is 3.53. The lowest BCUT2D eigenvalue weighted by molar-refractivity contribution is 0.200. The van der Waals surface area contributed by atoms with Crippen molar-refractivity contribution < 1.29 is 0 Å². The number of rotatable bonds is 2. The molecule has 0 bridgehead atoms. The molecule has 1 atom stereocenters. The van der Waals surface area contributed by atoms with Crippen LogP contribution in [-0.2, 0) is 6.54 Å². The molecule has 102 valence electrons. The van der Waals surface area contributed by atoms with Crippen LogP contribution in [0.15, 0.2) is 36.5 Å². The summed E-state index contributed by atoms with van der Waals surface area (Å²) in [6, 6.07) is 11.3. The minimum atomic E-state index is 0. The third kappa shape index (κ3) is 3.44. The first-order valence-electron chi connectivity index (χ1n) is 6.61. The predicted molar refractivity (Wildman–Crippen MR) is 81.7 cm³/mol. The SMILES string of the molecule is CC1CN(Cc2ccc3ncccc3c2)CCN1.Cl. The normalized spacial score (nSPS) is 20.2. The van der Waals surface area contributed by atoms with Crippen molar-refractivity contribution in [2.75, 3.05) is 19.6 Å². The van der Waals surface area contributed by atoms with Crippen LogP contribution in [0.25, 0.3) is 10.9 Å². The van der Waals surface area contributed by atoms with Gasteiger partial charge < -0.3 is 5.32 Å². The second kappa shape index (κ2) is 6.33. The standard InChI is InChI=1S/C15H19N3.ClH/c1-12-10-18(8-7-16-12)11-13-4-5-15-14(9-13)3-2-6-17-15;/h2-6,9,12,16H,7-8,10-11H2,1H3;1H. The van der Waals surface area contributed by atoms with Crippen LogP contribution in [0.5, 0.6) is 0 Å². The van der Waals surface area contributed by atoms with E-state index in [9.17, 15) is 0 Å². The Morgan fingerprint density at radius 2 is 2.26 bits per heavy atom. The lowest BCUT2D eigenvalue weighted by atomic mass is 10.1. The number of hydrogen-bond acceptors (Lipinski definition) is 3. The van der Waals surface area contributed by atoms with E-state index in [0.717, 1.165) is 31.7 Å². The topological polar surface area (TPSA) is 28.2 Å². The van der Waals surface area contributed by atoms with E-state index in [1.807, 2.05) is 12.3 Å². The number of benzene rings is 1. The van der Waals surface area contributed by atoms with Gasteiger partial charge in [0.1, 0.15) is 0 Å². The van der Waals surface area contributed by atoms with Crippen molar-refractivity contribution in [1.29, 1.82) is 0 Å². The Hall–Kier alpha value is -1.16. The zero-order valence-electron chi connectivity index (χ0n) is 11.2. The molecule has 2 aromatic rings. The molecule has 1 saturated heterocycles. The molecule has 0 aliphatic carbocycles. The second-order valence-corrected chi connectivity index (χ2v) is 5.12. The van der Waals surface area contributed by atoms with E-state index in [4.69, 9.17) is 0 Å². The van der Waals surface area contributed by atoms with Crippen LogP contribution in [0, 0.1) is 0 Å². The molecule has 1 unspecified atom stereocenters.